The van der Waals surface area contributed by atoms with Gasteiger partial charge in [-0.25, -0.2) is 0 Å². The van der Waals surface area contributed by atoms with Crippen LogP contribution in [0.15, 0.2) is 30.3 Å². The van der Waals surface area contributed by atoms with Gasteiger partial charge in [0, 0.05) is 0 Å². The summed E-state index contributed by atoms with van der Waals surface area (Å²) in [5.74, 6) is 0.541. The average molecular weight is 228 g/mol. The van der Waals surface area contributed by atoms with Crippen molar-refractivity contribution in [3.05, 3.63) is 47.0 Å². The summed E-state index contributed by atoms with van der Waals surface area (Å²) in [7, 11) is 0. The van der Waals surface area contributed by atoms with Crippen molar-refractivity contribution in [2.75, 3.05) is 0 Å². The first kappa shape index (κ1) is 11.5. The second-order valence-corrected chi connectivity index (χ2v) is 4.45. The van der Waals surface area contributed by atoms with Gasteiger partial charge in [0.05, 0.1) is 0 Å². The highest BCUT2D eigenvalue weighted by Gasteiger charge is 2.10. The molecule has 0 unspecified atom stereocenters. The van der Waals surface area contributed by atoms with Crippen LogP contribution < -0.4 is 0 Å². The minimum atomic E-state index is 0.262. The van der Waals surface area contributed by atoms with Gasteiger partial charge in [0.15, 0.2) is 0 Å². The number of phenolic OH excluding ortho intramolecular Hbond substituents is 2. The number of phenols is 2. The molecule has 88 valence electrons. The molecule has 0 bridgehead atoms. The first-order valence-corrected chi connectivity index (χ1v) is 5.59. The maximum Gasteiger partial charge on any atom is 0.116 e. The van der Waals surface area contributed by atoms with Crippen LogP contribution in [0.4, 0.5) is 0 Å². The molecule has 0 aromatic heterocycles. The molecule has 0 aliphatic carbocycles. The predicted molar refractivity (Wildman–Crippen MR) is 69.4 cm³/mol. The molecule has 2 N–H and O–H groups in total. The maximum atomic E-state index is 9.59. The summed E-state index contributed by atoms with van der Waals surface area (Å²) in [6.45, 7) is 5.94. The molecular formula is C15H16O2. The third kappa shape index (κ3) is 2.11. The molecule has 0 saturated heterocycles. The Labute approximate surface area is 101 Å². The zero-order chi connectivity index (χ0) is 12.6. The molecular weight excluding hydrogens is 212 g/mol. The van der Waals surface area contributed by atoms with E-state index >= 15 is 0 Å². The number of rotatable bonds is 1. The number of aromatic hydroxyl groups is 2. The Balaban J connectivity index is 2.72. The van der Waals surface area contributed by atoms with E-state index in [-0.39, 0.29) is 11.5 Å². The molecule has 2 aromatic carbocycles. The molecule has 0 aliphatic rings. The lowest BCUT2D eigenvalue weighted by molar-refractivity contribution is 0.474. The highest BCUT2D eigenvalue weighted by Crippen LogP contribution is 2.34. The van der Waals surface area contributed by atoms with Crippen LogP contribution in [0.5, 0.6) is 11.5 Å². The number of benzene rings is 2. The Morgan fingerprint density at radius 1 is 0.706 bits per heavy atom. The van der Waals surface area contributed by atoms with Crippen molar-refractivity contribution < 1.29 is 10.2 Å². The number of aryl methyl sites for hydroxylation is 3. The molecule has 0 atom stereocenters. The monoisotopic (exact) mass is 228 g/mol. The second kappa shape index (κ2) is 4.13. The molecule has 0 saturated carbocycles. The van der Waals surface area contributed by atoms with Crippen molar-refractivity contribution in [1.29, 1.82) is 0 Å². The minimum absolute atomic E-state index is 0.262. The molecule has 0 aliphatic heterocycles. The fraction of sp³-hybridized carbons (Fsp3) is 0.200. The topological polar surface area (TPSA) is 40.5 Å². The summed E-state index contributed by atoms with van der Waals surface area (Å²) >= 11 is 0. The lowest BCUT2D eigenvalue weighted by Crippen LogP contribution is -1.91. The summed E-state index contributed by atoms with van der Waals surface area (Å²) in [6.07, 6.45) is 0. The van der Waals surface area contributed by atoms with Crippen LogP contribution in [0.3, 0.4) is 0 Å². The molecule has 0 heterocycles. The number of hydrogen-bond donors (Lipinski definition) is 2. The van der Waals surface area contributed by atoms with Gasteiger partial charge in [-0.05, 0) is 72.9 Å². The summed E-state index contributed by atoms with van der Waals surface area (Å²) in [6, 6.07) is 8.83. The molecule has 0 fully saturated rings. The Morgan fingerprint density at radius 2 is 1.29 bits per heavy atom. The predicted octanol–water partition coefficient (Wildman–Crippen LogP) is 3.69. The molecule has 2 aromatic rings. The van der Waals surface area contributed by atoms with Crippen molar-refractivity contribution >= 4 is 0 Å². The number of hydrogen-bond acceptors (Lipinski definition) is 2. The van der Waals surface area contributed by atoms with E-state index < -0.39 is 0 Å². The van der Waals surface area contributed by atoms with Gasteiger partial charge in [-0.3, -0.25) is 0 Å². The largest absolute Gasteiger partial charge is 0.508 e. The van der Waals surface area contributed by atoms with Gasteiger partial charge in [0.25, 0.3) is 0 Å². The Morgan fingerprint density at radius 3 is 1.88 bits per heavy atom. The van der Waals surface area contributed by atoms with Gasteiger partial charge in [-0.1, -0.05) is 6.07 Å². The molecule has 2 heteroatoms. The second-order valence-electron chi connectivity index (χ2n) is 4.45. The van der Waals surface area contributed by atoms with Crippen LogP contribution in [0.2, 0.25) is 0 Å². The van der Waals surface area contributed by atoms with Gasteiger partial charge in [0.2, 0.25) is 0 Å². The smallest absolute Gasteiger partial charge is 0.116 e. The summed E-state index contributed by atoms with van der Waals surface area (Å²) in [5.41, 5.74) is 5.23. The van der Waals surface area contributed by atoms with E-state index in [0.29, 0.717) is 0 Å². The van der Waals surface area contributed by atoms with Crippen LogP contribution in [0.1, 0.15) is 16.7 Å². The van der Waals surface area contributed by atoms with Crippen molar-refractivity contribution in [2.45, 2.75) is 20.8 Å². The van der Waals surface area contributed by atoms with E-state index in [0.717, 1.165) is 27.8 Å². The third-order valence-corrected chi connectivity index (χ3v) is 3.01. The standard InChI is InChI=1S/C15H16O2/c1-9-4-5-12(16)8-14(9)15-10(2)6-13(17)7-11(15)3/h4-8,16-17H,1-3H3. The van der Waals surface area contributed by atoms with E-state index in [1.54, 1.807) is 24.3 Å². The van der Waals surface area contributed by atoms with Crippen LogP contribution >= 0.6 is 0 Å². The molecule has 0 spiro atoms. The van der Waals surface area contributed by atoms with Crippen molar-refractivity contribution in [3.63, 3.8) is 0 Å². The quantitative estimate of drug-likeness (QED) is 0.781. The summed E-state index contributed by atoms with van der Waals surface area (Å²) < 4.78 is 0. The molecule has 2 nitrogen and oxygen atoms in total. The van der Waals surface area contributed by atoms with Crippen molar-refractivity contribution in [2.24, 2.45) is 0 Å². The molecule has 0 amide bonds. The molecule has 2 rings (SSSR count). The highest BCUT2D eigenvalue weighted by atomic mass is 16.3. The van der Waals surface area contributed by atoms with Crippen molar-refractivity contribution in [1.82, 2.24) is 0 Å². The van der Waals surface area contributed by atoms with Crippen LogP contribution in [0.25, 0.3) is 11.1 Å². The minimum Gasteiger partial charge on any atom is -0.508 e. The van der Waals surface area contributed by atoms with E-state index in [2.05, 4.69) is 0 Å². The molecule has 17 heavy (non-hydrogen) atoms. The van der Waals surface area contributed by atoms with E-state index in [1.807, 2.05) is 26.8 Å². The maximum absolute atomic E-state index is 9.59. The van der Waals surface area contributed by atoms with Crippen LogP contribution in [0, 0.1) is 20.8 Å². The third-order valence-electron chi connectivity index (χ3n) is 3.01. The van der Waals surface area contributed by atoms with Gasteiger partial charge < -0.3 is 10.2 Å². The lowest BCUT2D eigenvalue weighted by atomic mass is 9.92. The van der Waals surface area contributed by atoms with Gasteiger partial charge in [-0.15, -0.1) is 0 Å². The van der Waals surface area contributed by atoms with Gasteiger partial charge in [-0.2, -0.15) is 0 Å². The van der Waals surface area contributed by atoms with Gasteiger partial charge >= 0.3 is 0 Å². The first-order chi connectivity index (χ1) is 7.99. The lowest BCUT2D eigenvalue weighted by Gasteiger charge is -2.13. The molecule has 0 radical (unpaired) electrons. The SMILES string of the molecule is Cc1ccc(O)cc1-c1c(C)cc(O)cc1C. The first-order valence-electron chi connectivity index (χ1n) is 5.59. The van der Waals surface area contributed by atoms with E-state index in [9.17, 15) is 10.2 Å². The van der Waals surface area contributed by atoms with Gasteiger partial charge in [0.1, 0.15) is 11.5 Å². The summed E-state index contributed by atoms with van der Waals surface area (Å²) in [4.78, 5) is 0. The fourth-order valence-corrected chi connectivity index (χ4v) is 2.24. The zero-order valence-corrected chi connectivity index (χ0v) is 10.3. The average Bonchev–Trinajstić information content (AvgIpc) is 2.21. The zero-order valence-electron chi connectivity index (χ0n) is 10.3. The van der Waals surface area contributed by atoms with E-state index in [4.69, 9.17) is 0 Å². The Hall–Kier alpha value is -1.96. The Bertz CT molecular complexity index is 548. The van der Waals surface area contributed by atoms with E-state index in [1.165, 1.54) is 0 Å². The normalized spacial score (nSPS) is 10.5. The van der Waals surface area contributed by atoms with Crippen LogP contribution in [-0.2, 0) is 0 Å². The fourth-order valence-electron chi connectivity index (χ4n) is 2.24. The Kier molecular flexibility index (Phi) is 2.80. The van der Waals surface area contributed by atoms with Crippen molar-refractivity contribution in [3.8, 4) is 22.6 Å². The van der Waals surface area contributed by atoms with Crippen LogP contribution in [-0.4, -0.2) is 10.2 Å². The summed E-state index contributed by atoms with van der Waals surface area (Å²) in [5, 5.41) is 19.1. The highest BCUT2D eigenvalue weighted by molar-refractivity contribution is 5.75.